The molecule has 0 radical (unpaired) electrons. The number of hydrogen-bond acceptors (Lipinski definition) is 4. The molecule has 114 valence electrons. The van der Waals surface area contributed by atoms with E-state index in [0.29, 0.717) is 25.0 Å². The Balaban J connectivity index is 1.99. The number of nitrogens with one attached hydrogen (secondary N) is 1. The minimum Gasteiger partial charge on any atom is -0.389 e. The van der Waals surface area contributed by atoms with Crippen molar-refractivity contribution in [2.75, 3.05) is 32.9 Å². The molecule has 0 spiro atoms. The number of hydrogen-bond donors (Lipinski definition) is 2. The molecule has 2 N–H and O–H groups in total. The molecular formula is C15H31NO3. The van der Waals surface area contributed by atoms with Crippen LogP contribution in [0.25, 0.3) is 0 Å². The van der Waals surface area contributed by atoms with Gasteiger partial charge in [-0.05, 0) is 44.6 Å². The molecule has 1 heterocycles. The molecule has 0 aliphatic carbocycles. The summed E-state index contributed by atoms with van der Waals surface area (Å²) in [6, 6.07) is 0. The van der Waals surface area contributed by atoms with Gasteiger partial charge in [0.1, 0.15) is 0 Å². The Labute approximate surface area is 117 Å². The highest BCUT2D eigenvalue weighted by Gasteiger charge is 2.14. The molecule has 1 rings (SSSR count). The first-order valence-electron chi connectivity index (χ1n) is 7.66. The Bertz CT molecular complexity index is 217. The Morgan fingerprint density at radius 1 is 1.26 bits per heavy atom. The highest BCUT2D eigenvalue weighted by Crippen LogP contribution is 2.13. The van der Waals surface area contributed by atoms with Crippen LogP contribution >= 0.6 is 0 Å². The molecule has 0 saturated carbocycles. The zero-order valence-corrected chi connectivity index (χ0v) is 12.7. The fourth-order valence-corrected chi connectivity index (χ4v) is 2.47. The van der Waals surface area contributed by atoms with E-state index in [1.165, 1.54) is 0 Å². The first-order chi connectivity index (χ1) is 9.08. The number of aliphatic hydroxyl groups is 1. The highest BCUT2D eigenvalue weighted by atomic mass is 16.5. The van der Waals surface area contributed by atoms with Gasteiger partial charge in [0, 0.05) is 19.8 Å². The lowest BCUT2D eigenvalue weighted by atomic mass is 10.0. The van der Waals surface area contributed by atoms with E-state index in [9.17, 15) is 5.11 Å². The van der Waals surface area contributed by atoms with E-state index < -0.39 is 6.10 Å². The largest absolute Gasteiger partial charge is 0.389 e. The Hall–Kier alpha value is -0.160. The van der Waals surface area contributed by atoms with Crippen LogP contribution in [0.3, 0.4) is 0 Å². The van der Waals surface area contributed by atoms with Crippen molar-refractivity contribution in [2.24, 2.45) is 11.8 Å². The van der Waals surface area contributed by atoms with Gasteiger partial charge in [-0.2, -0.15) is 0 Å². The average molecular weight is 273 g/mol. The van der Waals surface area contributed by atoms with E-state index in [2.05, 4.69) is 26.1 Å². The number of aliphatic hydroxyl groups excluding tert-OH is 1. The minimum absolute atomic E-state index is 0.227. The van der Waals surface area contributed by atoms with Crippen LogP contribution in [0.1, 0.15) is 40.0 Å². The van der Waals surface area contributed by atoms with Crippen molar-refractivity contribution in [1.82, 2.24) is 5.32 Å². The molecule has 0 amide bonds. The highest BCUT2D eigenvalue weighted by molar-refractivity contribution is 4.68. The van der Waals surface area contributed by atoms with Crippen LogP contribution in [0.2, 0.25) is 0 Å². The Morgan fingerprint density at radius 2 is 1.95 bits per heavy atom. The van der Waals surface area contributed by atoms with Gasteiger partial charge >= 0.3 is 0 Å². The van der Waals surface area contributed by atoms with Crippen LogP contribution in [0.5, 0.6) is 0 Å². The van der Waals surface area contributed by atoms with E-state index in [1.807, 2.05) is 0 Å². The molecule has 1 aliphatic rings. The monoisotopic (exact) mass is 273 g/mol. The maximum absolute atomic E-state index is 9.85. The Morgan fingerprint density at radius 3 is 2.58 bits per heavy atom. The molecule has 2 atom stereocenters. The molecule has 19 heavy (non-hydrogen) atoms. The molecular weight excluding hydrogens is 242 g/mol. The van der Waals surface area contributed by atoms with Gasteiger partial charge in [-0.1, -0.05) is 13.8 Å². The fourth-order valence-electron chi connectivity index (χ4n) is 2.47. The van der Waals surface area contributed by atoms with Gasteiger partial charge in [-0.25, -0.2) is 0 Å². The van der Waals surface area contributed by atoms with E-state index in [0.717, 1.165) is 39.0 Å². The topological polar surface area (TPSA) is 50.7 Å². The predicted octanol–water partition coefficient (Wildman–Crippen LogP) is 1.81. The quantitative estimate of drug-likeness (QED) is 0.673. The average Bonchev–Trinajstić information content (AvgIpc) is 2.37. The van der Waals surface area contributed by atoms with Crippen molar-refractivity contribution in [3.63, 3.8) is 0 Å². The molecule has 0 aromatic carbocycles. The molecule has 2 unspecified atom stereocenters. The normalized spacial score (nSPS) is 20.7. The van der Waals surface area contributed by atoms with Crippen molar-refractivity contribution < 1.29 is 14.6 Å². The van der Waals surface area contributed by atoms with Gasteiger partial charge in [0.05, 0.1) is 18.8 Å². The maximum Gasteiger partial charge on any atom is 0.0897 e. The van der Waals surface area contributed by atoms with Gasteiger partial charge in [-0.15, -0.1) is 0 Å². The van der Waals surface area contributed by atoms with Gasteiger partial charge in [0.2, 0.25) is 0 Å². The van der Waals surface area contributed by atoms with Gasteiger partial charge in [0.25, 0.3) is 0 Å². The summed E-state index contributed by atoms with van der Waals surface area (Å²) in [5.74, 6) is 1.33. The Kier molecular flexibility index (Phi) is 8.62. The second kappa shape index (κ2) is 9.70. The van der Waals surface area contributed by atoms with Crippen molar-refractivity contribution in [3.8, 4) is 0 Å². The number of rotatable bonds is 9. The summed E-state index contributed by atoms with van der Waals surface area (Å²) in [5.41, 5.74) is 0. The van der Waals surface area contributed by atoms with Crippen molar-refractivity contribution >= 4 is 0 Å². The summed E-state index contributed by atoms with van der Waals surface area (Å²) in [6.45, 7) is 10.2. The molecule has 4 heteroatoms. The minimum atomic E-state index is -0.408. The lowest BCUT2D eigenvalue weighted by Crippen LogP contribution is -2.35. The summed E-state index contributed by atoms with van der Waals surface area (Å²) in [5, 5.41) is 13.2. The predicted molar refractivity (Wildman–Crippen MR) is 77.3 cm³/mol. The molecule has 1 saturated heterocycles. The third kappa shape index (κ3) is 8.58. The first-order valence-corrected chi connectivity index (χ1v) is 7.66. The van der Waals surface area contributed by atoms with Crippen LogP contribution in [-0.4, -0.2) is 50.2 Å². The standard InChI is InChI=1S/C15H31NO3/c1-12(2)8-13(3)19-11-15(17)10-16-9-14-4-6-18-7-5-14/h12-17H,4-11H2,1-3H3. The molecule has 4 nitrogen and oxygen atoms in total. The van der Waals surface area contributed by atoms with E-state index in [-0.39, 0.29) is 6.10 Å². The summed E-state index contributed by atoms with van der Waals surface area (Å²) in [4.78, 5) is 0. The van der Waals surface area contributed by atoms with E-state index in [1.54, 1.807) is 0 Å². The first kappa shape index (κ1) is 16.9. The molecule has 0 aromatic heterocycles. The zero-order chi connectivity index (χ0) is 14.1. The zero-order valence-electron chi connectivity index (χ0n) is 12.7. The van der Waals surface area contributed by atoms with Crippen molar-refractivity contribution in [2.45, 2.75) is 52.2 Å². The molecule has 1 aliphatic heterocycles. The van der Waals surface area contributed by atoms with Crippen molar-refractivity contribution in [1.29, 1.82) is 0 Å². The van der Waals surface area contributed by atoms with E-state index >= 15 is 0 Å². The third-order valence-corrected chi connectivity index (χ3v) is 3.53. The maximum atomic E-state index is 9.85. The lowest BCUT2D eigenvalue weighted by Gasteiger charge is -2.23. The fraction of sp³-hybridized carbons (Fsp3) is 1.00. The van der Waals surface area contributed by atoms with Gasteiger partial charge in [-0.3, -0.25) is 0 Å². The van der Waals surface area contributed by atoms with Crippen LogP contribution in [-0.2, 0) is 9.47 Å². The molecule has 0 bridgehead atoms. The smallest absolute Gasteiger partial charge is 0.0897 e. The summed E-state index contributed by atoms with van der Waals surface area (Å²) >= 11 is 0. The van der Waals surface area contributed by atoms with Gasteiger partial charge in [0.15, 0.2) is 0 Å². The summed E-state index contributed by atoms with van der Waals surface area (Å²) < 4.78 is 11.0. The number of ether oxygens (including phenoxy) is 2. The van der Waals surface area contributed by atoms with Crippen molar-refractivity contribution in [3.05, 3.63) is 0 Å². The van der Waals surface area contributed by atoms with Gasteiger partial charge < -0.3 is 19.9 Å². The second-order valence-electron chi connectivity index (χ2n) is 6.14. The second-order valence-corrected chi connectivity index (χ2v) is 6.14. The van der Waals surface area contributed by atoms with Crippen LogP contribution in [0.4, 0.5) is 0 Å². The van der Waals surface area contributed by atoms with Crippen LogP contribution in [0, 0.1) is 11.8 Å². The van der Waals surface area contributed by atoms with Crippen LogP contribution in [0.15, 0.2) is 0 Å². The summed E-state index contributed by atoms with van der Waals surface area (Å²) in [6.07, 6.45) is 3.12. The molecule has 0 aromatic rings. The third-order valence-electron chi connectivity index (χ3n) is 3.53. The lowest BCUT2D eigenvalue weighted by molar-refractivity contribution is -0.00927. The van der Waals surface area contributed by atoms with E-state index in [4.69, 9.17) is 9.47 Å². The molecule has 1 fully saturated rings. The summed E-state index contributed by atoms with van der Waals surface area (Å²) in [7, 11) is 0. The van der Waals surface area contributed by atoms with Crippen LogP contribution < -0.4 is 5.32 Å². The SMILES string of the molecule is CC(C)CC(C)OCC(O)CNCC1CCOCC1.